The molecule has 0 radical (unpaired) electrons. The van der Waals surface area contributed by atoms with Gasteiger partial charge in [-0.3, -0.25) is 4.79 Å². The van der Waals surface area contributed by atoms with Crippen molar-refractivity contribution in [1.82, 2.24) is 10.2 Å². The third kappa shape index (κ3) is 4.15. The standard InChI is InChI=1S/C18H21ClN2O2/c1-21(2)12-15-7-8-16(23-15)17(22)20-18(9-10-18)11-13-3-5-14(19)6-4-13/h3-8H,9-12H2,1-2H3,(H,20,22). The predicted molar refractivity (Wildman–Crippen MR) is 90.7 cm³/mol. The van der Waals surface area contributed by atoms with E-state index in [1.807, 2.05) is 49.3 Å². The number of benzene rings is 1. The maximum Gasteiger partial charge on any atom is 0.287 e. The zero-order valence-corrected chi connectivity index (χ0v) is 14.2. The fourth-order valence-electron chi connectivity index (χ4n) is 2.69. The quantitative estimate of drug-likeness (QED) is 0.880. The van der Waals surface area contributed by atoms with Gasteiger partial charge in [0, 0.05) is 10.6 Å². The SMILES string of the molecule is CN(C)Cc1ccc(C(=O)NC2(Cc3ccc(Cl)cc3)CC2)o1. The molecule has 1 N–H and O–H groups in total. The Hall–Kier alpha value is -1.78. The summed E-state index contributed by atoms with van der Waals surface area (Å²) in [5.74, 6) is 1.04. The lowest BCUT2D eigenvalue weighted by Crippen LogP contribution is -2.38. The second kappa shape index (κ2) is 6.38. The molecule has 0 unspecified atom stereocenters. The normalized spacial score (nSPS) is 15.7. The zero-order chi connectivity index (χ0) is 16.4. The van der Waals surface area contributed by atoms with Gasteiger partial charge in [0.2, 0.25) is 0 Å². The third-order valence-electron chi connectivity index (χ3n) is 4.05. The molecule has 0 atom stereocenters. The van der Waals surface area contributed by atoms with E-state index in [-0.39, 0.29) is 11.4 Å². The predicted octanol–water partition coefficient (Wildman–Crippen LogP) is 3.50. The van der Waals surface area contributed by atoms with Gasteiger partial charge >= 0.3 is 0 Å². The number of hydrogen-bond acceptors (Lipinski definition) is 3. The average molecular weight is 333 g/mol. The minimum Gasteiger partial charge on any atom is -0.455 e. The molecule has 1 saturated carbocycles. The summed E-state index contributed by atoms with van der Waals surface area (Å²) in [4.78, 5) is 14.4. The first-order valence-electron chi connectivity index (χ1n) is 7.76. The van der Waals surface area contributed by atoms with Crippen LogP contribution in [-0.2, 0) is 13.0 Å². The van der Waals surface area contributed by atoms with Crippen LogP contribution < -0.4 is 5.32 Å². The van der Waals surface area contributed by atoms with E-state index in [0.29, 0.717) is 12.3 Å². The molecular formula is C18H21ClN2O2. The van der Waals surface area contributed by atoms with Gasteiger partial charge in [-0.05, 0) is 63.2 Å². The van der Waals surface area contributed by atoms with Crippen LogP contribution in [0.1, 0.15) is 34.7 Å². The van der Waals surface area contributed by atoms with Crippen molar-refractivity contribution >= 4 is 17.5 Å². The fourth-order valence-corrected chi connectivity index (χ4v) is 2.81. The van der Waals surface area contributed by atoms with Crippen LogP contribution in [0.3, 0.4) is 0 Å². The Kier molecular flexibility index (Phi) is 4.46. The van der Waals surface area contributed by atoms with E-state index in [2.05, 4.69) is 5.32 Å². The molecule has 0 aliphatic heterocycles. The Balaban J connectivity index is 1.62. The summed E-state index contributed by atoms with van der Waals surface area (Å²) in [6, 6.07) is 11.4. The highest BCUT2D eigenvalue weighted by Gasteiger charge is 2.44. The van der Waals surface area contributed by atoms with Crippen molar-refractivity contribution in [2.24, 2.45) is 0 Å². The number of carbonyl (C=O) groups is 1. The number of furan rings is 1. The molecule has 4 nitrogen and oxygen atoms in total. The van der Waals surface area contributed by atoms with E-state index in [1.54, 1.807) is 6.07 Å². The maximum atomic E-state index is 12.4. The molecule has 1 aromatic heterocycles. The molecule has 0 bridgehead atoms. The first-order valence-corrected chi connectivity index (χ1v) is 8.14. The minimum atomic E-state index is -0.139. The van der Waals surface area contributed by atoms with E-state index in [9.17, 15) is 4.79 Å². The maximum absolute atomic E-state index is 12.4. The molecule has 122 valence electrons. The van der Waals surface area contributed by atoms with Crippen molar-refractivity contribution in [2.45, 2.75) is 31.3 Å². The van der Waals surface area contributed by atoms with Gasteiger partial charge in [0.15, 0.2) is 5.76 Å². The first kappa shape index (κ1) is 16.1. The van der Waals surface area contributed by atoms with Crippen LogP contribution >= 0.6 is 11.6 Å². The summed E-state index contributed by atoms with van der Waals surface area (Å²) in [6.45, 7) is 0.684. The Labute approximate surface area is 141 Å². The van der Waals surface area contributed by atoms with Crippen molar-refractivity contribution in [2.75, 3.05) is 14.1 Å². The molecule has 2 aromatic rings. The zero-order valence-electron chi connectivity index (χ0n) is 13.4. The minimum absolute atomic E-state index is 0.138. The summed E-state index contributed by atoms with van der Waals surface area (Å²) in [5.41, 5.74) is 1.04. The molecule has 3 rings (SSSR count). The largest absolute Gasteiger partial charge is 0.455 e. The van der Waals surface area contributed by atoms with Crippen LogP contribution in [0, 0.1) is 0 Å². The second-order valence-electron chi connectivity index (χ2n) is 6.54. The summed E-state index contributed by atoms with van der Waals surface area (Å²) in [5, 5.41) is 3.86. The third-order valence-corrected chi connectivity index (χ3v) is 4.30. The van der Waals surface area contributed by atoms with Crippen molar-refractivity contribution in [3.63, 3.8) is 0 Å². The molecule has 5 heteroatoms. The van der Waals surface area contributed by atoms with Crippen LogP contribution in [0.5, 0.6) is 0 Å². The van der Waals surface area contributed by atoms with Gasteiger partial charge in [-0.1, -0.05) is 23.7 Å². The van der Waals surface area contributed by atoms with E-state index < -0.39 is 0 Å². The number of amides is 1. The average Bonchev–Trinajstić information content (AvgIpc) is 3.07. The Morgan fingerprint density at radius 1 is 1.22 bits per heavy atom. The topological polar surface area (TPSA) is 45.5 Å². The van der Waals surface area contributed by atoms with Crippen molar-refractivity contribution in [1.29, 1.82) is 0 Å². The van der Waals surface area contributed by atoms with Gasteiger partial charge in [-0.2, -0.15) is 0 Å². The molecule has 1 fully saturated rings. The molecule has 1 aliphatic rings. The van der Waals surface area contributed by atoms with Crippen LogP contribution in [-0.4, -0.2) is 30.4 Å². The monoisotopic (exact) mass is 332 g/mol. The lowest BCUT2D eigenvalue weighted by atomic mass is 10.0. The van der Waals surface area contributed by atoms with Crippen LogP contribution in [0.2, 0.25) is 5.02 Å². The number of carbonyl (C=O) groups excluding carboxylic acids is 1. The molecule has 1 heterocycles. The number of nitrogens with one attached hydrogen (secondary N) is 1. The molecule has 1 aliphatic carbocycles. The molecule has 23 heavy (non-hydrogen) atoms. The van der Waals surface area contributed by atoms with Gasteiger partial charge in [0.1, 0.15) is 5.76 Å². The Morgan fingerprint density at radius 3 is 2.52 bits per heavy atom. The van der Waals surface area contributed by atoms with Gasteiger partial charge < -0.3 is 14.6 Å². The highest BCUT2D eigenvalue weighted by molar-refractivity contribution is 6.30. The van der Waals surface area contributed by atoms with Crippen LogP contribution in [0.25, 0.3) is 0 Å². The van der Waals surface area contributed by atoms with Crippen LogP contribution in [0.15, 0.2) is 40.8 Å². The van der Waals surface area contributed by atoms with Gasteiger partial charge in [-0.15, -0.1) is 0 Å². The van der Waals surface area contributed by atoms with Gasteiger partial charge in [-0.25, -0.2) is 0 Å². The number of hydrogen-bond donors (Lipinski definition) is 1. The summed E-state index contributed by atoms with van der Waals surface area (Å²) < 4.78 is 5.62. The lowest BCUT2D eigenvalue weighted by molar-refractivity contribution is 0.0900. The Morgan fingerprint density at radius 2 is 1.91 bits per heavy atom. The number of rotatable bonds is 6. The van der Waals surface area contributed by atoms with E-state index >= 15 is 0 Å². The molecule has 0 saturated heterocycles. The molecule has 1 aromatic carbocycles. The molecular weight excluding hydrogens is 312 g/mol. The van der Waals surface area contributed by atoms with Crippen molar-refractivity contribution in [3.05, 3.63) is 58.5 Å². The van der Waals surface area contributed by atoms with E-state index in [4.69, 9.17) is 16.0 Å². The van der Waals surface area contributed by atoms with Crippen LogP contribution in [0.4, 0.5) is 0 Å². The lowest BCUT2D eigenvalue weighted by Gasteiger charge is -2.17. The number of nitrogens with zero attached hydrogens (tertiary/aromatic N) is 1. The smallest absolute Gasteiger partial charge is 0.287 e. The summed E-state index contributed by atoms with van der Waals surface area (Å²) in [7, 11) is 3.93. The fraction of sp³-hybridized carbons (Fsp3) is 0.389. The van der Waals surface area contributed by atoms with Gasteiger partial charge in [0.25, 0.3) is 5.91 Å². The van der Waals surface area contributed by atoms with E-state index in [0.717, 1.165) is 30.0 Å². The Bertz CT molecular complexity index is 687. The van der Waals surface area contributed by atoms with Crippen molar-refractivity contribution < 1.29 is 9.21 Å². The molecule has 0 spiro atoms. The highest BCUT2D eigenvalue weighted by Crippen LogP contribution is 2.39. The first-order chi connectivity index (χ1) is 11.0. The number of halogens is 1. The molecule has 1 amide bonds. The van der Waals surface area contributed by atoms with E-state index in [1.165, 1.54) is 5.56 Å². The van der Waals surface area contributed by atoms with Gasteiger partial charge in [0.05, 0.1) is 6.54 Å². The van der Waals surface area contributed by atoms with Crippen molar-refractivity contribution in [3.8, 4) is 0 Å². The highest BCUT2D eigenvalue weighted by atomic mass is 35.5. The summed E-state index contributed by atoms with van der Waals surface area (Å²) in [6.07, 6.45) is 2.81. The second-order valence-corrected chi connectivity index (χ2v) is 6.98. The summed E-state index contributed by atoms with van der Waals surface area (Å²) >= 11 is 5.92.